The average molecular weight is 214 g/mol. The maximum absolute atomic E-state index is 10.8. The largest absolute Gasteiger partial charge is 0.476 e. The van der Waals surface area contributed by atoms with Crippen molar-refractivity contribution in [3.05, 3.63) is 0 Å². The molecule has 0 bridgehead atoms. The molecule has 14 heavy (non-hydrogen) atoms. The van der Waals surface area contributed by atoms with E-state index in [9.17, 15) is 9.59 Å². The summed E-state index contributed by atoms with van der Waals surface area (Å²) in [6, 6.07) is -0.566. The normalized spacial score (nSPS) is 28.9. The lowest BCUT2D eigenvalue weighted by atomic mass is 10.2. The summed E-state index contributed by atoms with van der Waals surface area (Å²) in [5, 5.41) is 12.0. The average Bonchev–Trinajstić information content (AvgIpc) is 2.58. The second-order valence-corrected chi connectivity index (χ2v) is 3.84. The number of aliphatic imine (C=N–C) groups is 1. The molecule has 0 aromatic carbocycles. The first kappa shape index (κ1) is 9.00. The Hall–Kier alpha value is -1.57. The lowest BCUT2D eigenvalue weighted by Gasteiger charge is -2.04. The lowest BCUT2D eigenvalue weighted by molar-refractivity contribution is -0.129. The molecule has 2 atom stereocenters. The van der Waals surface area contributed by atoms with Gasteiger partial charge in [-0.3, -0.25) is 15.2 Å². The summed E-state index contributed by atoms with van der Waals surface area (Å²) < 4.78 is 0. The minimum Gasteiger partial charge on any atom is -0.476 e. The fourth-order valence-corrected chi connectivity index (χ4v) is 2.16. The summed E-state index contributed by atoms with van der Waals surface area (Å²) in [4.78, 5) is 25.3. The molecule has 74 valence electrons. The number of fused-ring (bicyclic) bond motifs is 1. The van der Waals surface area contributed by atoms with Crippen molar-refractivity contribution in [2.24, 2.45) is 15.8 Å². The monoisotopic (exact) mass is 214 g/mol. The van der Waals surface area contributed by atoms with Crippen LogP contribution in [-0.4, -0.2) is 39.2 Å². The van der Waals surface area contributed by atoms with E-state index in [4.69, 9.17) is 10.8 Å². The van der Waals surface area contributed by atoms with Crippen LogP contribution in [0.5, 0.6) is 0 Å². The highest BCUT2D eigenvalue weighted by atomic mass is 32.2. The molecular formula is C6H6N4O3S. The van der Waals surface area contributed by atoms with Crippen molar-refractivity contribution < 1.29 is 14.7 Å². The Kier molecular flexibility index (Phi) is 1.92. The number of aliphatic carboxylic acids is 1. The van der Waals surface area contributed by atoms with E-state index in [1.54, 1.807) is 0 Å². The van der Waals surface area contributed by atoms with Crippen LogP contribution in [0.2, 0.25) is 0 Å². The number of carbonyl (C=O) groups is 2. The van der Waals surface area contributed by atoms with Crippen molar-refractivity contribution >= 4 is 34.4 Å². The van der Waals surface area contributed by atoms with Crippen LogP contribution in [0.25, 0.3) is 0 Å². The number of rotatable bonds is 2. The maximum atomic E-state index is 10.8. The molecule has 2 aliphatic heterocycles. The fourth-order valence-electron chi connectivity index (χ4n) is 1.22. The Morgan fingerprint density at radius 1 is 1.57 bits per heavy atom. The molecule has 2 unspecified atom stereocenters. The highest BCUT2D eigenvalue weighted by Gasteiger charge is 2.42. The van der Waals surface area contributed by atoms with E-state index in [1.165, 1.54) is 0 Å². The second-order valence-electron chi connectivity index (χ2n) is 2.71. The molecule has 2 heterocycles. The molecule has 8 heteroatoms. The maximum Gasteiger partial charge on any atom is 0.360 e. The van der Waals surface area contributed by atoms with E-state index in [-0.39, 0.29) is 16.1 Å². The molecule has 2 aliphatic rings. The fraction of sp³-hybridized carbons (Fsp3) is 0.333. The van der Waals surface area contributed by atoms with Gasteiger partial charge >= 0.3 is 5.97 Å². The molecular weight excluding hydrogens is 208 g/mol. The zero-order chi connectivity index (χ0) is 10.3. The molecule has 7 nitrogen and oxygen atoms in total. The number of nitrogens with zero attached hydrogens (tertiary/aromatic N) is 2. The van der Waals surface area contributed by atoms with Gasteiger partial charge in [-0.1, -0.05) is 11.8 Å². The molecule has 2 rings (SSSR count). The summed E-state index contributed by atoms with van der Waals surface area (Å²) in [6.07, 6.45) is 0. The predicted molar refractivity (Wildman–Crippen MR) is 50.0 cm³/mol. The van der Waals surface area contributed by atoms with Gasteiger partial charge in [-0.15, -0.1) is 0 Å². The summed E-state index contributed by atoms with van der Waals surface area (Å²) >= 11 is 1.03. The number of hydrazone groups is 1. The van der Waals surface area contributed by atoms with Crippen LogP contribution in [0, 0.1) is 0 Å². The van der Waals surface area contributed by atoms with E-state index in [2.05, 4.69) is 15.5 Å². The third kappa shape index (κ3) is 1.23. The number of carboxylic acids is 1. The highest BCUT2D eigenvalue weighted by molar-refractivity contribution is 8.16. The van der Waals surface area contributed by atoms with Crippen molar-refractivity contribution in [1.29, 1.82) is 0 Å². The van der Waals surface area contributed by atoms with Gasteiger partial charge in [0, 0.05) is 0 Å². The van der Waals surface area contributed by atoms with Crippen LogP contribution in [0.3, 0.4) is 0 Å². The molecule has 0 spiro atoms. The van der Waals surface area contributed by atoms with Gasteiger partial charge in [0.05, 0.1) is 0 Å². The van der Waals surface area contributed by atoms with E-state index >= 15 is 0 Å². The van der Waals surface area contributed by atoms with Crippen LogP contribution < -0.4 is 11.2 Å². The number of primary amides is 1. The SMILES string of the molecule is NC(=O)C1=NNC2SC(C(=O)O)=NC12. The van der Waals surface area contributed by atoms with Gasteiger partial charge in [0.15, 0.2) is 10.8 Å². The lowest BCUT2D eigenvalue weighted by Crippen LogP contribution is -2.34. The van der Waals surface area contributed by atoms with E-state index in [1.807, 2.05) is 0 Å². The van der Waals surface area contributed by atoms with Crippen molar-refractivity contribution in [3.8, 4) is 0 Å². The Bertz CT molecular complexity index is 377. The van der Waals surface area contributed by atoms with Crippen LogP contribution in [0.4, 0.5) is 0 Å². The summed E-state index contributed by atoms with van der Waals surface area (Å²) in [7, 11) is 0. The smallest absolute Gasteiger partial charge is 0.360 e. The van der Waals surface area contributed by atoms with Crippen molar-refractivity contribution in [2.45, 2.75) is 11.4 Å². The van der Waals surface area contributed by atoms with Crippen LogP contribution in [0.15, 0.2) is 10.1 Å². The van der Waals surface area contributed by atoms with Gasteiger partial charge in [-0.05, 0) is 0 Å². The van der Waals surface area contributed by atoms with E-state index in [0.717, 1.165) is 11.8 Å². The Balaban J connectivity index is 2.24. The van der Waals surface area contributed by atoms with Crippen molar-refractivity contribution in [1.82, 2.24) is 5.43 Å². The number of nitrogens with one attached hydrogen (secondary N) is 1. The molecule has 0 saturated heterocycles. The first-order valence-corrected chi connectivity index (χ1v) is 4.58. The Labute approximate surface area is 82.4 Å². The summed E-state index contributed by atoms with van der Waals surface area (Å²) in [5.41, 5.74) is 7.73. The second kappa shape index (κ2) is 2.98. The van der Waals surface area contributed by atoms with Crippen LogP contribution in [0.1, 0.15) is 0 Å². The van der Waals surface area contributed by atoms with Crippen molar-refractivity contribution in [2.75, 3.05) is 0 Å². The molecule has 0 aliphatic carbocycles. The molecule has 1 amide bonds. The number of carbonyl (C=O) groups excluding carboxylic acids is 1. The Morgan fingerprint density at radius 2 is 2.29 bits per heavy atom. The summed E-state index contributed by atoms with van der Waals surface area (Å²) in [5.74, 6) is -1.78. The minimum atomic E-state index is -1.10. The van der Waals surface area contributed by atoms with Gasteiger partial charge in [0.25, 0.3) is 5.91 Å². The van der Waals surface area contributed by atoms with Gasteiger partial charge in [0.2, 0.25) is 0 Å². The van der Waals surface area contributed by atoms with Gasteiger partial charge in [-0.2, -0.15) is 5.10 Å². The first-order valence-electron chi connectivity index (χ1n) is 3.70. The minimum absolute atomic E-state index is 0.0267. The van der Waals surface area contributed by atoms with Crippen molar-refractivity contribution in [3.63, 3.8) is 0 Å². The van der Waals surface area contributed by atoms with Gasteiger partial charge in [-0.25, -0.2) is 4.79 Å². The van der Waals surface area contributed by atoms with Gasteiger partial charge < -0.3 is 10.8 Å². The standard InChI is InChI=1S/C6H6N4O3S/c7-3(11)1-2-4(10-9-1)14-5(8-2)6(12)13/h2,4,10H,(H2,7,11)(H,12,13). The summed E-state index contributed by atoms with van der Waals surface area (Å²) in [6.45, 7) is 0. The third-order valence-corrected chi connectivity index (χ3v) is 2.93. The number of hydrogen-bond donors (Lipinski definition) is 3. The topological polar surface area (TPSA) is 117 Å². The number of hydrogen-bond acceptors (Lipinski definition) is 6. The van der Waals surface area contributed by atoms with E-state index < -0.39 is 17.9 Å². The zero-order valence-electron chi connectivity index (χ0n) is 6.80. The molecule has 0 fully saturated rings. The number of amides is 1. The Morgan fingerprint density at radius 3 is 2.86 bits per heavy atom. The van der Waals surface area contributed by atoms with Crippen LogP contribution in [-0.2, 0) is 9.59 Å². The van der Waals surface area contributed by atoms with Gasteiger partial charge in [0.1, 0.15) is 11.4 Å². The number of carboxylic acid groups (broad SMARTS) is 1. The number of nitrogens with two attached hydrogens (primary N) is 1. The molecule has 4 N–H and O–H groups in total. The predicted octanol–water partition coefficient (Wildman–Crippen LogP) is -1.64. The molecule has 0 radical (unpaired) electrons. The highest BCUT2D eigenvalue weighted by Crippen LogP contribution is 2.29. The third-order valence-electron chi connectivity index (χ3n) is 1.81. The quantitative estimate of drug-likeness (QED) is 0.509. The number of thioether (sulfide) groups is 1. The van der Waals surface area contributed by atoms with Crippen LogP contribution >= 0.6 is 11.8 Å². The first-order chi connectivity index (χ1) is 6.59. The molecule has 0 aromatic rings. The van der Waals surface area contributed by atoms with E-state index in [0.29, 0.717) is 0 Å². The molecule has 0 aromatic heterocycles. The zero-order valence-corrected chi connectivity index (χ0v) is 7.61. The molecule has 0 saturated carbocycles.